The molecule has 0 radical (unpaired) electrons. The molecule has 0 spiro atoms. The van der Waals surface area contributed by atoms with Gasteiger partial charge in [0.15, 0.2) is 0 Å². The second kappa shape index (κ2) is 6.85. The Morgan fingerprint density at radius 2 is 1.95 bits per heavy atom. The molecule has 1 unspecified atom stereocenters. The summed E-state index contributed by atoms with van der Waals surface area (Å²) in [6, 6.07) is 7.28. The summed E-state index contributed by atoms with van der Waals surface area (Å²) in [6.07, 6.45) is 6.23. The summed E-state index contributed by atoms with van der Waals surface area (Å²) >= 11 is 0. The van der Waals surface area contributed by atoms with Gasteiger partial charge in [-0.25, -0.2) is 0 Å². The molecule has 0 bridgehead atoms. The Kier molecular flexibility index (Phi) is 5.14. The van der Waals surface area contributed by atoms with Crippen molar-refractivity contribution < 1.29 is 13.5 Å². The van der Waals surface area contributed by atoms with Crippen LogP contribution in [-0.2, 0) is 0 Å². The lowest BCUT2D eigenvalue weighted by Gasteiger charge is -2.30. The second-order valence-electron chi connectivity index (χ2n) is 5.12. The first-order valence-electron chi connectivity index (χ1n) is 6.92. The Morgan fingerprint density at radius 3 is 2.58 bits per heavy atom. The molecule has 1 aliphatic rings. The molecule has 2 nitrogen and oxygen atoms in total. The highest BCUT2D eigenvalue weighted by Crippen LogP contribution is 2.35. The van der Waals surface area contributed by atoms with Crippen molar-refractivity contribution >= 4 is 0 Å². The number of benzene rings is 1. The van der Waals surface area contributed by atoms with Gasteiger partial charge in [-0.3, -0.25) is 0 Å². The highest BCUT2D eigenvalue weighted by molar-refractivity contribution is 5.31. The quantitative estimate of drug-likeness (QED) is 0.867. The molecule has 1 N–H and O–H groups in total. The third-order valence-electron chi connectivity index (χ3n) is 3.87. The van der Waals surface area contributed by atoms with E-state index in [0.29, 0.717) is 5.92 Å². The number of nitrogens with one attached hydrogen (secondary N) is 1. The number of hydrogen-bond donors (Lipinski definition) is 1. The van der Waals surface area contributed by atoms with E-state index in [1.54, 1.807) is 18.2 Å². The van der Waals surface area contributed by atoms with Crippen LogP contribution in [0.2, 0.25) is 0 Å². The van der Waals surface area contributed by atoms with Gasteiger partial charge in [0.25, 0.3) is 0 Å². The molecule has 19 heavy (non-hydrogen) atoms. The van der Waals surface area contributed by atoms with Gasteiger partial charge >= 0.3 is 6.61 Å². The molecule has 2 rings (SSSR count). The van der Waals surface area contributed by atoms with Crippen molar-refractivity contribution in [2.24, 2.45) is 5.92 Å². The maximum atomic E-state index is 12.3. The van der Waals surface area contributed by atoms with Crippen LogP contribution in [0.5, 0.6) is 5.75 Å². The maximum absolute atomic E-state index is 12.3. The van der Waals surface area contributed by atoms with E-state index in [1.165, 1.54) is 32.1 Å². The molecule has 1 saturated carbocycles. The van der Waals surface area contributed by atoms with Gasteiger partial charge in [0.05, 0.1) is 0 Å². The topological polar surface area (TPSA) is 21.3 Å². The Labute approximate surface area is 113 Å². The lowest BCUT2D eigenvalue weighted by molar-refractivity contribution is -0.0499. The van der Waals surface area contributed by atoms with Gasteiger partial charge in [0.1, 0.15) is 5.75 Å². The van der Waals surface area contributed by atoms with Crippen LogP contribution in [0.3, 0.4) is 0 Å². The Balaban J connectivity index is 2.12. The van der Waals surface area contributed by atoms with Crippen LogP contribution in [0.15, 0.2) is 24.3 Å². The zero-order valence-electron chi connectivity index (χ0n) is 11.2. The number of alkyl halides is 2. The smallest absolute Gasteiger partial charge is 0.387 e. The lowest BCUT2D eigenvalue weighted by atomic mass is 9.81. The van der Waals surface area contributed by atoms with Crippen LogP contribution in [-0.4, -0.2) is 13.7 Å². The average molecular weight is 269 g/mol. The highest BCUT2D eigenvalue weighted by Gasteiger charge is 2.24. The minimum Gasteiger partial charge on any atom is -0.435 e. The Morgan fingerprint density at radius 1 is 1.21 bits per heavy atom. The molecule has 0 aliphatic heterocycles. The molecule has 1 aliphatic carbocycles. The van der Waals surface area contributed by atoms with Crippen molar-refractivity contribution in [1.82, 2.24) is 5.32 Å². The first-order valence-corrected chi connectivity index (χ1v) is 6.92. The van der Waals surface area contributed by atoms with Crippen molar-refractivity contribution in [3.05, 3.63) is 29.8 Å². The molecule has 1 atom stereocenters. The summed E-state index contributed by atoms with van der Waals surface area (Å²) in [7, 11) is 1.93. The zero-order valence-corrected chi connectivity index (χ0v) is 11.2. The fraction of sp³-hybridized carbons (Fsp3) is 0.600. The molecule has 0 amide bonds. The van der Waals surface area contributed by atoms with Gasteiger partial charge in [-0.05, 0) is 43.5 Å². The third kappa shape index (κ3) is 3.90. The number of halogens is 2. The van der Waals surface area contributed by atoms with Gasteiger partial charge in [0, 0.05) is 6.04 Å². The minimum absolute atomic E-state index is 0.224. The van der Waals surface area contributed by atoms with E-state index >= 15 is 0 Å². The molecule has 1 aromatic carbocycles. The first kappa shape index (κ1) is 14.3. The van der Waals surface area contributed by atoms with Crippen molar-refractivity contribution in [2.75, 3.05) is 7.05 Å². The van der Waals surface area contributed by atoms with Crippen molar-refractivity contribution in [1.29, 1.82) is 0 Å². The largest absolute Gasteiger partial charge is 0.435 e. The lowest BCUT2D eigenvalue weighted by Crippen LogP contribution is -2.27. The minimum atomic E-state index is -2.77. The van der Waals surface area contributed by atoms with E-state index in [0.717, 1.165) is 5.56 Å². The van der Waals surface area contributed by atoms with Gasteiger partial charge in [-0.2, -0.15) is 8.78 Å². The number of hydrogen-bond acceptors (Lipinski definition) is 2. The Bertz CT molecular complexity index is 391. The van der Waals surface area contributed by atoms with Crippen LogP contribution in [0.1, 0.15) is 43.7 Å². The van der Waals surface area contributed by atoms with E-state index in [2.05, 4.69) is 10.1 Å². The molecule has 0 aromatic heterocycles. The summed E-state index contributed by atoms with van der Waals surface area (Å²) in [6.45, 7) is -2.77. The molecule has 1 fully saturated rings. The van der Waals surface area contributed by atoms with Crippen LogP contribution >= 0.6 is 0 Å². The fourth-order valence-corrected chi connectivity index (χ4v) is 3.03. The first-order chi connectivity index (χ1) is 9.20. The van der Waals surface area contributed by atoms with Gasteiger partial charge in [0.2, 0.25) is 0 Å². The third-order valence-corrected chi connectivity index (χ3v) is 3.87. The molecule has 106 valence electrons. The second-order valence-corrected chi connectivity index (χ2v) is 5.12. The summed E-state index contributed by atoms with van der Waals surface area (Å²) in [5.74, 6) is 0.823. The maximum Gasteiger partial charge on any atom is 0.387 e. The predicted octanol–water partition coefficient (Wildman–Crippen LogP) is 4.13. The molecule has 0 heterocycles. The van der Waals surface area contributed by atoms with E-state index in [9.17, 15) is 8.78 Å². The molecule has 0 saturated heterocycles. The SMILES string of the molecule is CNC(c1cccc(OC(F)F)c1)C1CCCCC1. The van der Waals surface area contributed by atoms with Gasteiger partial charge in [-0.1, -0.05) is 31.4 Å². The van der Waals surface area contributed by atoms with E-state index in [4.69, 9.17) is 0 Å². The van der Waals surface area contributed by atoms with Crippen molar-refractivity contribution in [3.8, 4) is 5.75 Å². The summed E-state index contributed by atoms with van der Waals surface area (Å²) in [5.41, 5.74) is 1.03. The average Bonchev–Trinajstić information content (AvgIpc) is 2.40. The monoisotopic (exact) mass is 269 g/mol. The highest BCUT2D eigenvalue weighted by atomic mass is 19.3. The van der Waals surface area contributed by atoms with Gasteiger partial charge < -0.3 is 10.1 Å². The van der Waals surface area contributed by atoms with Crippen LogP contribution < -0.4 is 10.1 Å². The standard InChI is InChI=1S/C15H21F2NO/c1-18-14(11-6-3-2-4-7-11)12-8-5-9-13(10-12)19-15(16)17/h5,8-11,14-15,18H,2-4,6-7H2,1H3. The van der Waals surface area contributed by atoms with Crippen LogP contribution in [0.4, 0.5) is 8.78 Å². The summed E-state index contributed by atoms with van der Waals surface area (Å²) < 4.78 is 29.0. The van der Waals surface area contributed by atoms with Crippen molar-refractivity contribution in [3.63, 3.8) is 0 Å². The van der Waals surface area contributed by atoms with Crippen LogP contribution in [0.25, 0.3) is 0 Å². The van der Waals surface area contributed by atoms with Crippen LogP contribution in [0, 0.1) is 5.92 Å². The fourth-order valence-electron chi connectivity index (χ4n) is 3.03. The van der Waals surface area contributed by atoms with E-state index in [1.807, 2.05) is 13.1 Å². The van der Waals surface area contributed by atoms with E-state index in [-0.39, 0.29) is 11.8 Å². The predicted molar refractivity (Wildman–Crippen MR) is 71.4 cm³/mol. The number of ether oxygens (including phenoxy) is 1. The molecule has 1 aromatic rings. The normalized spacial score (nSPS) is 18.5. The molecular weight excluding hydrogens is 248 g/mol. The van der Waals surface area contributed by atoms with Gasteiger partial charge in [-0.15, -0.1) is 0 Å². The van der Waals surface area contributed by atoms with Crippen molar-refractivity contribution in [2.45, 2.75) is 44.8 Å². The summed E-state index contributed by atoms with van der Waals surface area (Å²) in [4.78, 5) is 0. The molecular formula is C15H21F2NO. The zero-order chi connectivity index (χ0) is 13.7. The molecule has 4 heteroatoms. The number of rotatable bonds is 5. The van der Waals surface area contributed by atoms with E-state index < -0.39 is 6.61 Å². The Hall–Kier alpha value is -1.16. The summed E-state index contributed by atoms with van der Waals surface area (Å²) in [5, 5.41) is 3.33.